The van der Waals surface area contributed by atoms with Gasteiger partial charge in [0.2, 0.25) is 53.4 Å². The molecule has 6 aromatic carbocycles. The number of nitrogens with zero attached hydrogens (tertiary/aromatic N) is 1. The number of ether oxygens (including phenoxy) is 6. The number of phenols is 3. The Morgan fingerprint density at radius 2 is 1.37 bits per heavy atom. The first-order valence-electron chi connectivity index (χ1n) is 38.8. The quantitative estimate of drug-likeness (QED) is 0.0362. The lowest BCUT2D eigenvalue weighted by molar-refractivity contribution is -0.334. The van der Waals surface area contributed by atoms with Crippen molar-refractivity contribution in [3.05, 3.63) is 175 Å². The number of benzene rings is 6. The summed E-state index contributed by atoms with van der Waals surface area (Å²) in [6, 6.07) is 6.11. The predicted molar refractivity (Wildman–Crippen MR) is 436 cm³/mol. The average molecular weight is 1770 g/mol. The summed E-state index contributed by atoms with van der Waals surface area (Å²) in [5.41, 5.74) is 8.38. The first-order chi connectivity index (χ1) is 58.4. The maximum Gasteiger partial charge on any atom is 0.261 e. The van der Waals surface area contributed by atoms with E-state index in [0.717, 1.165) is 72.3 Å². The molecule has 18 atom stereocenters. The van der Waals surface area contributed by atoms with E-state index in [1.807, 2.05) is 13.8 Å². The molecule has 41 heteroatoms. The maximum atomic E-state index is 16.3. The van der Waals surface area contributed by atoms with Crippen LogP contribution in [0.2, 0.25) is 15.1 Å². The van der Waals surface area contributed by atoms with Gasteiger partial charge in [-0.05, 0) is 158 Å². The zero-order valence-electron chi connectivity index (χ0n) is 66.6. The number of hydrazine groups is 1. The fraction of sp³-hybridized carbons (Fsp3) is 0.390. The molecule has 2 fully saturated rings. The molecule has 0 radical (unpaired) electrons. The minimum Gasteiger partial charge on any atom is -0.508 e. The molecular weight excluding hydrogens is 1670 g/mol. The third-order valence-electron chi connectivity index (χ3n) is 21.3. The number of aryl methyl sites for hydroxylation is 1. The van der Waals surface area contributed by atoms with Crippen molar-refractivity contribution in [2.75, 3.05) is 32.1 Å². The molecule has 11 bridgehead atoms. The number of aliphatic hydroxyl groups excluding tert-OH is 7. The van der Waals surface area contributed by atoms with Crippen molar-refractivity contribution in [2.45, 2.75) is 170 Å². The Morgan fingerprint density at radius 1 is 0.707 bits per heavy atom. The summed E-state index contributed by atoms with van der Waals surface area (Å²) in [6.45, 7) is 6.78. The van der Waals surface area contributed by atoms with Crippen LogP contribution >= 0.6 is 34.8 Å². The van der Waals surface area contributed by atoms with Gasteiger partial charge in [-0.25, -0.2) is 5.43 Å². The number of primary amides is 1. The van der Waals surface area contributed by atoms with E-state index in [1.165, 1.54) is 44.6 Å². The van der Waals surface area contributed by atoms with E-state index in [-0.39, 0.29) is 64.9 Å². The molecule has 7 aliphatic heterocycles. The second kappa shape index (κ2) is 38.7. The number of hydrogen-bond donors (Lipinski definition) is 22. The van der Waals surface area contributed by atoms with Gasteiger partial charge in [0.25, 0.3) is 11.8 Å². The number of phenolic OH excluding ortho intramolecular Hbond substituents is 3. The van der Waals surface area contributed by atoms with Crippen molar-refractivity contribution in [3.8, 4) is 57.1 Å². The smallest absolute Gasteiger partial charge is 0.261 e. The Balaban J connectivity index is 1.03. The third-order valence-corrected chi connectivity index (χ3v) is 22.1. The molecule has 123 heavy (non-hydrogen) atoms. The number of carbonyl (C=O) groups is 9. The van der Waals surface area contributed by atoms with Crippen LogP contribution < -0.4 is 78.6 Å². The molecule has 1 aromatic heterocycles. The van der Waals surface area contributed by atoms with Gasteiger partial charge in [-0.2, -0.15) is 0 Å². The van der Waals surface area contributed by atoms with Crippen molar-refractivity contribution in [1.82, 2.24) is 58.4 Å². The molecule has 38 nitrogen and oxygen atoms in total. The molecule has 9 amide bonds. The summed E-state index contributed by atoms with van der Waals surface area (Å²) in [5, 5.41) is 140. The second-order valence-electron chi connectivity index (χ2n) is 30.8. The highest BCUT2D eigenvalue weighted by Gasteiger charge is 2.52. The van der Waals surface area contributed by atoms with E-state index in [2.05, 4.69) is 63.7 Å². The van der Waals surface area contributed by atoms with Gasteiger partial charge < -0.3 is 133 Å². The molecule has 7 aromatic rings. The third kappa shape index (κ3) is 20.7. The highest BCUT2D eigenvalue weighted by Crippen LogP contribution is 2.50. The van der Waals surface area contributed by atoms with Crippen molar-refractivity contribution < 1.29 is 123 Å². The number of aromatic hydroxyl groups is 3. The summed E-state index contributed by atoms with van der Waals surface area (Å²) >= 11 is 20.6. The number of nitrogens with two attached hydrogens (primary N) is 1. The number of fused-ring (bicyclic) bond motifs is 15. The Kier molecular flexibility index (Phi) is 28.7. The van der Waals surface area contributed by atoms with Crippen molar-refractivity contribution in [3.63, 3.8) is 0 Å². The Bertz CT molecular complexity index is 5190. The van der Waals surface area contributed by atoms with Gasteiger partial charge in [-0.15, -0.1) is 0 Å². The van der Waals surface area contributed by atoms with E-state index >= 15 is 24.0 Å². The normalized spacial score (nSPS) is 26.2. The summed E-state index contributed by atoms with van der Waals surface area (Å²) in [7, 11) is 1.47. The number of aromatic nitrogens is 1. The number of nitrogens with one attached hydrogen (secondary N) is 11. The molecule has 0 aliphatic carbocycles. The number of likely N-dealkylation sites (N-methyl/N-ethyl adjacent to an activating group) is 1. The van der Waals surface area contributed by atoms with Gasteiger partial charge in [-0.3, -0.25) is 53.6 Å². The van der Waals surface area contributed by atoms with Gasteiger partial charge >= 0.3 is 0 Å². The number of carbonyl (C=O) groups excluding carboxylic acids is 9. The van der Waals surface area contributed by atoms with Crippen LogP contribution in [0.4, 0.5) is 5.69 Å². The average Bonchev–Trinajstić information content (AvgIpc) is 0.765. The molecule has 656 valence electrons. The van der Waals surface area contributed by atoms with Crippen LogP contribution in [-0.2, 0) is 59.1 Å². The number of aliphatic hydroxyl groups is 7. The summed E-state index contributed by atoms with van der Waals surface area (Å²) in [4.78, 5) is 138. The number of anilines is 1. The monoisotopic (exact) mass is 1760 g/mol. The van der Waals surface area contributed by atoms with E-state index in [4.69, 9.17) is 69.0 Å². The number of halogens is 3. The lowest BCUT2D eigenvalue weighted by atomic mass is 9.84. The van der Waals surface area contributed by atoms with Crippen LogP contribution in [0.5, 0.6) is 46.0 Å². The van der Waals surface area contributed by atoms with Gasteiger partial charge in [-0.1, -0.05) is 66.8 Å². The van der Waals surface area contributed by atoms with Crippen LogP contribution in [0.1, 0.15) is 127 Å². The zero-order chi connectivity index (χ0) is 88.9. The second-order valence-corrected chi connectivity index (χ2v) is 32.1. The van der Waals surface area contributed by atoms with Crippen LogP contribution in [-0.4, -0.2) is 215 Å². The summed E-state index contributed by atoms with van der Waals surface area (Å²) in [6.07, 6.45) is -16.3. The molecule has 0 saturated carbocycles. The topological polar surface area (TPSA) is 583 Å². The molecule has 8 heterocycles. The molecular formula is C82H92Cl3N13O25. The summed E-state index contributed by atoms with van der Waals surface area (Å²) in [5.74, 6) is -15.9. The predicted octanol–water partition coefficient (Wildman–Crippen LogP) is 2.07. The van der Waals surface area contributed by atoms with Gasteiger partial charge in [0, 0.05) is 59.0 Å². The van der Waals surface area contributed by atoms with Crippen molar-refractivity contribution in [2.24, 2.45) is 11.7 Å². The van der Waals surface area contributed by atoms with Gasteiger partial charge in [0.05, 0.1) is 59.8 Å². The zero-order valence-corrected chi connectivity index (χ0v) is 68.8. The Hall–Kier alpha value is -11.2. The van der Waals surface area contributed by atoms with Crippen LogP contribution in [0, 0.1) is 12.8 Å². The maximum absolute atomic E-state index is 16.3. The Labute approximate surface area is 716 Å². The minimum atomic E-state index is -2.39. The van der Waals surface area contributed by atoms with Crippen molar-refractivity contribution in [1.29, 1.82) is 0 Å². The fourth-order valence-electron chi connectivity index (χ4n) is 15.0. The SMILES string of the molecule is CN[C@H](CC(C)C)C(=O)N[C@H]1C(=O)N[C@@H](CC(N)=O)C(=O)N[C@H]2C(=O)N[C@H]3C(=O)N[C@H](C(=O)N[C@@H](C(=O)NNCCO)c4cc(O)cc(O)c4-c4cc3ccc4O)[C@H](O)c3ccc(c(Cl)c3)Oc3cc2cc(c3O[C@@H]2O[C@H](CO)[C@@H](O)[C@H](O)[C@H]2O[C@H]2C[C@](C)(NCc3cncc(NC(=O)c4cc(C)cc(Cl)c4)c3)[C@H](O)[C@H](C)O2)Oc2ccc(cc2Cl)[C@H]1O. The first kappa shape index (κ1) is 91.1. The minimum absolute atomic E-state index is 0.000750. The lowest BCUT2D eigenvalue weighted by Crippen LogP contribution is -2.65. The highest BCUT2D eigenvalue weighted by atomic mass is 35.5. The molecule has 14 rings (SSSR count). The number of pyridine rings is 1. The molecule has 7 aliphatic rings. The standard InChI is InChI=1S/C82H92Cl3N13O25/c1-33(2)15-49(87-6)74(111)96-64-66(105)38-8-11-53(47(84)21-38)119-55-23-40-24-56(70(55)123-81-71(69(108)68(107)57(32-100)121-81)122-59-28-82(5,72(109)35(4)118-59)89-30-36-18-43(31-88-29-36)91-73(110)41-16-34(3)17-42(83)19-41)120-54-12-9-39(22-48(54)85)67(106)65-79(116)95-63(80(117)98-90-13-14-99)46-25-44(101)26-52(103)60(46)45-20-37(7-10-51(45)102)61(76(113)97-65)94-77(114)62(40)93-75(112)50(27-58(86)104)92-78(64)115/h7-12,16-26,29,31,33,35,49-50,57,59,61-69,71-72,81,87,89-90,99-103,105-109H,13-15,27-28,30,32H2,1-6H3,(H2,86,104)(H,91,110)(H,92,115)(H,93,112)(H,94,114)(H,95,116)(H,96,111)(H,97,113)(H,98,117)/t35-,49+,50-,57+,59-,61+,62+,63+,64+,65-,66+,67+,68+,69-,71+,72+,81-,82-/m0/s1. The van der Waals surface area contributed by atoms with E-state index in [9.17, 15) is 70.2 Å². The molecule has 0 spiro atoms. The fourth-order valence-corrected chi connectivity index (χ4v) is 15.7. The largest absolute Gasteiger partial charge is 0.508 e. The number of rotatable bonds is 21. The number of amides is 9. The molecule has 2 saturated heterocycles. The highest BCUT2D eigenvalue weighted by molar-refractivity contribution is 6.32. The molecule has 23 N–H and O–H groups in total. The van der Waals surface area contributed by atoms with Crippen LogP contribution in [0.3, 0.4) is 0 Å². The van der Waals surface area contributed by atoms with Crippen molar-refractivity contribution >= 4 is 93.7 Å². The first-order valence-corrected chi connectivity index (χ1v) is 39.9. The van der Waals surface area contributed by atoms with E-state index in [0.29, 0.717) is 16.3 Å². The van der Waals surface area contributed by atoms with Crippen LogP contribution in [0.15, 0.2) is 116 Å². The van der Waals surface area contributed by atoms with E-state index < -0.39 is 250 Å². The summed E-state index contributed by atoms with van der Waals surface area (Å²) < 4.78 is 39.6. The molecule has 0 unspecified atom stereocenters. The van der Waals surface area contributed by atoms with E-state index in [1.54, 1.807) is 32.0 Å². The van der Waals surface area contributed by atoms with Gasteiger partial charge in [0.15, 0.2) is 23.9 Å². The van der Waals surface area contributed by atoms with Gasteiger partial charge in [0.1, 0.15) is 95.5 Å². The Morgan fingerprint density at radius 3 is 2.01 bits per heavy atom. The lowest BCUT2D eigenvalue weighted by Gasteiger charge is -2.48. The van der Waals surface area contributed by atoms with Crippen LogP contribution in [0.25, 0.3) is 11.1 Å². The number of hydrogen-bond acceptors (Lipinski definition) is 29.